The summed E-state index contributed by atoms with van der Waals surface area (Å²) in [6.45, 7) is 4.03. The number of rotatable bonds is 8. The molecule has 0 aliphatic rings. The smallest absolute Gasteiger partial charge is 0.256 e. The summed E-state index contributed by atoms with van der Waals surface area (Å²) in [4.78, 5) is 3.98. The molecular formula is C24H26N4O4S2. The van der Waals surface area contributed by atoms with Crippen molar-refractivity contribution in [1.29, 1.82) is 0 Å². The fraction of sp³-hybridized carbons (Fsp3) is 0.167. The fourth-order valence-corrected chi connectivity index (χ4v) is 6.38. The zero-order chi connectivity index (χ0) is 24.5. The van der Waals surface area contributed by atoms with Crippen molar-refractivity contribution in [3.63, 3.8) is 0 Å². The molecule has 0 aliphatic carbocycles. The van der Waals surface area contributed by atoms with Crippen LogP contribution in [-0.4, -0.2) is 29.9 Å². The van der Waals surface area contributed by atoms with Gasteiger partial charge in [0.05, 0.1) is 10.6 Å². The topological polar surface area (TPSA) is 116 Å². The van der Waals surface area contributed by atoms with Crippen molar-refractivity contribution in [2.45, 2.75) is 29.7 Å². The molecule has 0 aliphatic heterocycles. The van der Waals surface area contributed by atoms with Crippen LogP contribution >= 0.6 is 0 Å². The molecule has 34 heavy (non-hydrogen) atoms. The van der Waals surface area contributed by atoms with Crippen LogP contribution in [0.15, 0.2) is 82.6 Å². The van der Waals surface area contributed by atoms with Crippen molar-refractivity contribution < 1.29 is 16.8 Å². The number of fused-ring (bicyclic) bond motifs is 2. The molecule has 4 aromatic rings. The van der Waals surface area contributed by atoms with Gasteiger partial charge in [-0.15, -0.1) is 9.66 Å². The monoisotopic (exact) mass is 498 g/mol. The van der Waals surface area contributed by atoms with Crippen molar-refractivity contribution in [3.8, 4) is 0 Å². The van der Waals surface area contributed by atoms with Crippen LogP contribution in [0.1, 0.15) is 13.8 Å². The lowest BCUT2D eigenvalue weighted by molar-refractivity contribution is 0.558. The van der Waals surface area contributed by atoms with Gasteiger partial charge < -0.3 is 10.6 Å². The van der Waals surface area contributed by atoms with Gasteiger partial charge in [-0.2, -0.15) is 0 Å². The summed E-state index contributed by atoms with van der Waals surface area (Å²) in [5.41, 5.74) is 1.24. The number of benzene rings is 4. The summed E-state index contributed by atoms with van der Waals surface area (Å²) >= 11 is 0. The third-order valence-corrected chi connectivity index (χ3v) is 8.06. The number of sulfonamides is 2. The number of nitrogens with one attached hydrogen (secondary N) is 4. The van der Waals surface area contributed by atoms with Crippen LogP contribution in [0.5, 0.6) is 0 Å². The average molecular weight is 499 g/mol. The second kappa shape index (κ2) is 9.22. The average Bonchev–Trinajstić information content (AvgIpc) is 2.81. The van der Waals surface area contributed by atoms with Crippen molar-refractivity contribution in [1.82, 2.24) is 9.66 Å². The van der Waals surface area contributed by atoms with E-state index in [1.807, 2.05) is 35.6 Å². The van der Waals surface area contributed by atoms with Gasteiger partial charge in [-0.05, 0) is 48.9 Å². The molecule has 0 unspecified atom stereocenters. The van der Waals surface area contributed by atoms with Crippen LogP contribution in [0.4, 0.5) is 11.4 Å². The van der Waals surface area contributed by atoms with E-state index in [4.69, 9.17) is 0 Å². The maximum Gasteiger partial charge on any atom is 0.256 e. The zero-order valence-electron chi connectivity index (χ0n) is 19.0. The molecular weight excluding hydrogens is 472 g/mol. The van der Waals surface area contributed by atoms with E-state index in [-0.39, 0.29) is 15.8 Å². The molecule has 0 radical (unpaired) electrons. The highest BCUT2D eigenvalue weighted by Gasteiger charge is 2.24. The molecule has 0 heterocycles. The van der Waals surface area contributed by atoms with Gasteiger partial charge >= 0.3 is 0 Å². The Morgan fingerprint density at radius 3 is 2.12 bits per heavy atom. The van der Waals surface area contributed by atoms with Crippen LogP contribution < -0.4 is 20.3 Å². The van der Waals surface area contributed by atoms with Crippen LogP contribution in [0.3, 0.4) is 0 Å². The van der Waals surface area contributed by atoms with E-state index in [1.54, 1.807) is 55.6 Å². The van der Waals surface area contributed by atoms with Crippen molar-refractivity contribution in [2.75, 3.05) is 17.7 Å². The molecule has 0 aromatic heterocycles. The van der Waals surface area contributed by atoms with Gasteiger partial charge in [-0.25, -0.2) is 16.8 Å². The standard InChI is InChI=1S/C24H26N4O4S2/c1-16(2)26-22-10-6-8-18-15-19(12-13-20(18)22)33(29,30)27-28-34(31,32)24-21-9-5-4-7-17(21)11-14-23(24)25-3/h4-16,25-28H,1-3H3. The number of anilines is 2. The number of hydrazine groups is 1. The Morgan fingerprint density at radius 1 is 0.676 bits per heavy atom. The summed E-state index contributed by atoms with van der Waals surface area (Å²) in [5, 5.41) is 8.95. The molecule has 8 nitrogen and oxygen atoms in total. The second-order valence-corrected chi connectivity index (χ2v) is 11.4. The van der Waals surface area contributed by atoms with E-state index < -0.39 is 20.0 Å². The van der Waals surface area contributed by atoms with Crippen LogP contribution in [-0.2, 0) is 20.0 Å². The lowest BCUT2D eigenvalue weighted by Crippen LogP contribution is -2.41. The zero-order valence-corrected chi connectivity index (χ0v) is 20.6. The van der Waals surface area contributed by atoms with E-state index in [0.29, 0.717) is 21.8 Å². The Kier molecular flexibility index (Phi) is 6.50. The molecule has 0 atom stereocenters. The SMILES string of the molecule is CNc1ccc2ccccc2c1S(=O)(=O)NNS(=O)(=O)c1ccc2c(NC(C)C)cccc2c1. The molecule has 10 heteroatoms. The number of hydrogen-bond donors (Lipinski definition) is 4. The summed E-state index contributed by atoms with van der Waals surface area (Å²) < 4.78 is 52.3. The third kappa shape index (κ3) is 4.71. The minimum Gasteiger partial charge on any atom is -0.387 e. The lowest BCUT2D eigenvalue weighted by atomic mass is 10.1. The Balaban J connectivity index is 1.66. The molecule has 0 saturated heterocycles. The molecule has 4 aromatic carbocycles. The first kappa shape index (κ1) is 24.0. The van der Waals surface area contributed by atoms with Crippen molar-refractivity contribution in [3.05, 3.63) is 72.8 Å². The molecule has 0 amide bonds. The van der Waals surface area contributed by atoms with Gasteiger partial charge in [0, 0.05) is 29.5 Å². The minimum atomic E-state index is -4.25. The molecule has 178 valence electrons. The van der Waals surface area contributed by atoms with Crippen LogP contribution in [0.25, 0.3) is 21.5 Å². The van der Waals surface area contributed by atoms with Gasteiger partial charge in [0.15, 0.2) is 0 Å². The molecule has 0 spiro atoms. The Morgan fingerprint density at radius 2 is 1.38 bits per heavy atom. The van der Waals surface area contributed by atoms with Crippen LogP contribution in [0.2, 0.25) is 0 Å². The Bertz CT molecular complexity index is 1580. The third-order valence-electron chi connectivity index (χ3n) is 5.33. The van der Waals surface area contributed by atoms with E-state index in [9.17, 15) is 16.8 Å². The Hall–Kier alpha value is -3.18. The summed E-state index contributed by atoms with van der Waals surface area (Å²) in [7, 11) is -6.83. The minimum absolute atomic E-state index is 0.0429. The maximum atomic E-state index is 13.2. The largest absolute Gasteiger partial charge is 0.387 e. The first-order valence-corrected chi connectivity index (χ1v) is 13.6. The molecule has 0 saturated carbocycles. The summed E-state index contributed by atoms with van der Waals surface area (Å²) in [6, 6.07) is 20.8. The fourth-order valence-electron chi connectivity index (χ4n) is 3.81. The lowest BCUT2D eigenvalue weighted by Gasteiger charge is -2.16. The maximum absolute atomic E-state index is 13.2. The highest BCUT2D eigenvalue weighted by molar-refractivity contribution is 7.92. The van der Waals surface area contributed by atoms with Gasteiger partial charge in [-0.3, -0.25) is 0 Å². The van der Waals surface area contributed by atoms with Crippen molar-refractivity contribution >= 4 is 53.0 Å². The molecule has 0 bridgehead atoms. The van der Waals surface area contributed by atoms with Crippen LogP contribution in [0, 0.1) is 0 Å². The van der Waals surface area contributed by atoms with E-state index >= 15 is 0 Å². The summed E-state index contributed by atoms with van der Waals surface area (Å²) in [5.74, 6) is 0. The highest BCUT2D eigenvalue weighted by atomic mass is 32.2. The van der Waals surface area contributed by atoms with Gasteiger partial charge in [-0.1, -0.05) is 48.5 Å². The summed E-state index contributed by atoms with van der Waals surface area (Å²) in [6.07, 6.45) is 0. The highest BCUT2D eigenvalue weighted by Crippen LogP contribution is 2.30. The normalized spacial score (nSPS) is 12.4. The predicted octanol–water partition coefficient (Wildman–Crippen LogP) is 4.03. The van der Waals surface area contributed by atoms with E-state index in [2.05, 4.69) is 10.6 Å². The van der Waals surface area contributed by atoms with E-state index in [1.165, 1.54) is 12.1 Å². The van der Waals surface area contributed by atoms with Gasteiger partial charge in [0.1, 0.15) is 4.90 Å². The second-order valence-electron chi connectivity index (χ2n) is 8.11. The molecule has 4 N–H and O–H groups in total. The van der Waals surface area contributed by atoms with E-state index in [0.717, 1.165) is 11.1 Å². The molecule has 0 fully saturated rings. The Labute approximate surface area is 199 Å². The predicted molar refractivity (Wildman–Crippen MR) is 137 cm³/mol. The van der Waals surface area contributed by atoms with Gasteiger partial charge in [0.25, 0.3) is 20.0 Å². The number of hydrogen-bond acceptors (Lipinski definition) is 6. The van der Waals surface area contributed by atoms with Crippen molar-refractivity contribution in [2.24, 2.45) is 0 Å². The first-order chi connectivity index (χ1) is 16.1. The van der Waals surface area contributed by atoms with Gasteiger partial charge in [0.2, 0.25) is 0 Å². The quantitative estimate of drug-likeness (QED) is 0.273. The molecule has 4 rings (SSSR count). The first-order valence-electron chi connectivity index (χ1n) is 10.6.